The van der Waals surface area contributed by atoms with Crippen molar-refractivity contribution in [1.29, 1.82) is 0 Å². The maximum Gasteiger partial charge on any atom is 0.321 e. The molecule has 11 heteroatoms. The summed E-state index contributed by atoms with van der Waals surface area (Å²) in [6.07, 6.45) is 0. The number of aromatic nitrogens is 3. The maximum absolute atomic E-state index is 12.1. The van der Waals surface area contributed by atoms with E-state index in [4.69, 9.17) is 5.73 Å². The van der Waals surface area contributed by atoms with Crippen LogP contribution in [-0.4, -0.2) is 44.4 Å². The molecule has 4 N–H and O–H groups in total. The Hall–Kier alpha value is -2.40. The van der Waals surface area contributed by atoms with Crippen LogP contribution in [-0.2, 0) is 16.1 Å². The van der Waals surface area contributed by atoms with Gasteiger partial charge in [-0.05, 0) is 25.3 Å². The summed E-state index contributed by atoms with van der Waals surface area (Å²) in [7, 11) is 0. The summed E-state index contributed by atoms with van der Waals surface area (Å²) in [6.45, 7) is 3.69. The average Bonchev–Trinajstić information content (AvgIpc) is 3.17. The number of hydrogen-bond acceptors (Lipinski definition) is 7. The number of carbonyl (C=O) groups excluding carboxylic acids is 3. The highest BCUT2D eigenvalue weighted by Gasteiger charge is 2.23. The Bertz CT molecular complexity index is 759. The molecule has 0 aliphatic heterocycles. The van der Waals surface area contributed by atoms with Gasteiger partial charge in [0.2, 0.25) is 11.8 Å². The predicted molar refractivity (Wildman–Crippen MR) is 95.1 cm³/mol. The van der Waals surface area contributed by atoms with Crippen LogP contribution < -0.4 is 16.4 Å². The van der Waals surface area contributed by atoms with E-state index >= 15 is 0 Å². The molecule has 0 bridgehead atoms. The molecule has 0 saturated heterocycles. The molecule has 2 aromatic heterocycles. The van der Waals surface area contributed by atoms with E-state index in [0.29, 0.717) is 17.5 Å². The summed E-state index contributed by atoms with van der Waals surface area (Å²) < 4.78 is 1.56. The molecular formula is C14H18N6O3S2. The minimum Gasteiger partial charge on any atom is -0.368 e. The summed E-state index contributed by atoms with van der Waals surface area (Å²) >= 11 is 2.55. The quantitative estimate of drug-likeness (QED) is 0.607. The van der Waals surface area contributed by atoms with Crippen LogP contribution in [0.4, 0.5) is 4.79 Å². The van der Waals surface area contributed by atoms with Crippen molar-refractivity contribution in [2.24, 2.45) is 5.73 Å². The van der Waals surface area contributed by atoms with E-state index in [-0.39, 0.29) is 6.54 Å². The first-order chi connectivity index (χ1) is 11.9. The van der Waals surface area contributed by atoms with Crippen LogP contribution in [0.2, 0.25) is 0 Å². The minimum atomic E-state index is -0.616. The van der Waals surface area contributed by atoms with Crippen molar-refractivity contribution in [1.82, 2.24) is 25.4 Å². The molecule has 0 fully saturated rings. The number of nitrogens with one attached hydrogen (secondary N) is 2. The van der Waals surface area contributed by atoms with Crippen molar-refractivity contribution in [2.45, 2.75) is 30.8 Å². The molecule has 2 aromatic rings. The van der Waals surface area contributed by atoms with Crippen LogP contribution in [0.5, 0.6) is 0 Å². The highest BCUT2D eigenvalue weighted by atomic mass is 32.2. The summed E-state index contributed by atoms with van der Waals surface area (Å²) in [4.78, 5) is 35.7. The van der Waals surface area contributed by atoms with Gasteiger partial charge in [-0.3, -0.25) is 19.5 Å². The van der Waals surface area contributed by atoms with Gasteiger partial charge in [-0.1, -0.05) is 17.8 Å². The van der Waals surface area contributed by atoms with Crippen molar-refractivity contribution in [3.8, 4) is 10.7 Å². The summed E-state index contributed by atoms with van der Waals surface area (Å²) in [5, 5.41) is 14.5. The monoisotopic (exact) mass is 382 g/mol. The van der Waals surface area contributed by atoms with Gasteiger partial charge in [-0.2, -0.15) is 0 Å². The fourth-order valence-electron chi connectivity index (χ4n) is 1.89. The molecule has 0 saturated carbocycles. The number of nitrogens with two attached hydrogens (primary N) is 1. The zero-order valence-corrected chi connectivity index (χ0v) is 15.3. The van der Waals surface area contributed by atoms with Crippen LogP contribution >= 0.6 is 23.1 Å². The number of hydrogen-bond donors (Lipinski definition) is 3. The van der Waals surface area contributed by atoms with Gasteiger partial charge in [0.25, 0.3) is 0 Å². The first-order valence-corrected chi connectivity index (χ1v) is 9.19. The topological polar surface area (TPSA) is 132 Å². The van der Waals surface area contributed by atoms with E-state index in [9.17, 15) is 14.4 Å². The lowest BCUT2D eigenvalue weighted by molar-refractivity contribution is -0.119. The molecule has 25 heavy (non-hydrogen) atoms. The van der Waals surface area contributed by atoms with Gasteiger partial charge in [0.15, 0.2) is 11.0 Å². The number of amides is 4. The molecule has 134 valence electrons. The lowest BCUT2D eigenvalue weighted by Gasteiger charge is -2.12. The largest absolute Gasteiger partial charge is 0.368 e. The Kier molecular flexibility index (Phi) is 6.53. The van der Waals surface area contributed by atoms with Crippen LogP contribution in [0.1, 0.15) is 13.8 Å². The van der Waals surface area contributed by atoms with E-state index < -0.39 is 23.1 Å². The first-order valence-electron chi connectivity index (χ1n) is 7.43. The van der Waals surface area contributed by atoms with Crippen molar-refractivity contribution in [3.63, 3.8) is 0 Å². The molecule has 1 unspecified atom stereocenters. The number of imide groups is 1. The molecular weight excluding hydrogens is 364 g/mol. The highest BCUT2D eigenvalue weighted by molar-refractivity contribution is 8.00. The minimum absolute atomic E-state index is 0.104. The standard InChI is InChI=1S/C14H18N6O3S2/c1-3-16-13(23)17-12(22)8(2)25-14-19-18-11(9-5-4-6-24-9)20(14)7-10(15)21/h4-6,8H,3,7H2,1-2H3,(H2,15,21)(H2,16,17,22,23). The average molecular weight is 382 g/mol. The second-order valence-corrected chi connectivity index (χ2v) is 7.20. The molecule has 9 nitrogen and oxygen atoms in total. The van der Waals surface area contributed by atoms with Gasteiger partial charge in [-0.15, -0.1) is 21.5 Å². The van der Waals surface area contributed by atoms with Gasteiger partial charge < -0.3 is 11.1 Å². The fourth-order valence-corrected chi connectivity index (χ4v) is 3.46. The molecule has 2 rings (SSSR count). The number of nitrogens with zero attached hydrogens (tertiary/aromatic N) is 3. The van der Waals surface area contributed by atoms with Crippen LogP contribution in [0.25, 0.3) is 10.7 Å². The number of thiophene rings is 1. The predicted octanol–water partition coefficient (Wildman–Crippen LogP) is 0.818. The second kappa shape index (κ2) is 8.62. The van der Waals surface area contributed by atoms with Gasteiger partial charge in [0.05, 0.1) is 10.1 Å². The zero-order valence-electron chi connectivity index (χ0n) is 13.7. The molecule has 0 aromatic carbocycles. The fraction of sp³-hybridized carbons (Fsp3) is 0.357. The van der Waals surface area contributed by atoms with E-state index in [2.05, 4.69) is 20.8 Å². The second-order valence-electron chi connectivity index (χ2n) is 4.94. The molecule has 1 atom stereocenters. The molecule has 0 radical (unpaired) electrons. The molecule has 0 aliphatic carbocycles. The number of thioether (sulfide) groups is 1. The van der Waals surface area contributed by atoms with Crippen molar-refractivity contribution >= 4 is 40.9 Å². The van der Waals surface area contributed by atoms with E-state index in [1.807, 2.05) is 17.5 Å². The van der Waals surface area contributed by atoms with Crippen LogP contribution in [0.3, 0.4) is 0 Å². The Morgan fingerprint density at radius 3 is 2.76 bits per heavy atom. The maximum atomic E-state index is 12.1. The third-order valence-corrected chi connectivity index (χ3v) is 4.94. The van der Waals surface area contributed by atoms with E-state index in [0.717, 1.165) is 16.6 Å². The third-order valence-electron chi connectivity index (χ3n) is 3.00. The molecule has 4 amide bonds. The van der Waals surface area contributed by atoms with E-state index in [1.165, 1.54) is 11.3 Å². The molecule has 2 heterocycles. The SMILES string of the molecule is CCNC(=O)NC(=O)C(C)Sc1nnc(-c2cccs2)n1CC(N)=O. The number of primary amides is 1. The molecule has 0 aliphatic rings. The number of urea groups is 1. The summed E-state index contributed by atoms with van der Waals surface area (Å²) in [5.41, 5.74) is 5.31. The van der Waals surface area contributed by atoms with Crippen molar-refractivity contribution in [3.05, 3.63) is 17.5 Å². The smallest absolute Gasteiger partial charge is 0.321 e. The van der Waals surface area contributed by atoms with Gasteiger partial charge in [-0.25, -0.2) is 4.79 Å². The van der Waals surface area contributed by atoms with E-state index in [1.54, 1.807) is 18.4 Å². The van der Waals surface area contributed by atoms with Gasteiger partial charge >= 0.3 is 6.03 Å². The first kappa shape index (κ1) is 18.9. The van der Waals surface area contributed by atoms with Crippen LogP contribution in [0, 0.1) is 0 Å². The Morgan fingerprint density at radius 1 is 1.40 bits per heavy atom. The number of rotatable bonds is 7. The lowest BCUT2D eigenvalue weighted by Crippen LogP contribution is -2.42. The van der Waals surface area contributed by atoms with Gasteiger partial charge in [0.1, 0.15) is 6.54 Å². The van der Waals surface area contributed by atoms with Crippen LogP contribution in [0.15, 0.2) is 22.7 Å². The molecule has 0 spiro atoms. The lowest BCUT2D eigenvalue weighted by atomic mass is 10.4. The summed E-state index contributed by atoms with van der Waals surface area (Å²) in [6, 6.07) is 3.16. The Balaban J connectivity index is 2.17. The number of carbonyl (C=O) groups is 3. The van der Waals surface area contributed by atoms with Crippen molar-refractivity contribution in [2.75, 3.05) is 6.54 Å². The highest BCUT2D eigenvalue weighted by Crippen LogP contribution is 2.29. The Morgan fingerprint density at radius 2 is 2.16 bits per heavy atom. The summed E-state index contributed by atoms with van der Waals surface area (Å²) in [5.74, 6) is -0.506. The normalized spacial score (nSPS) is 11.8. The third kappa shape index (κ3) is 5.03. The zero-order chi connectivity index (χ0) is 18.4. The Labute approximate surface area is 152 Å². The van der Waals surface area contributed by atoms with Gasteiger partial charge in [0, 0.05) is 6.54 Å². The van der Waals surface area contributed by atoms with Crippen molar-refractivity contribution < 1.29 is 14.4 Å².